The summed E-state index contributed by atoms with van der Waals surface area (Å²) in [5.41, 5.74) is 8.69. The van der Waals surface area contributed by atoms with Crippen molar-refractivity contribution in [3.63, 3.8) is 0 Å². The number of nitrogens with zero attached hydrogens (tertiary/aromatic N) is 1. The summed E-state index contributed by atoms with van der Waals surface area (Å²) in [4.78, 5) is 4.24. The van der Waals surface area contributed by atoms with Gasteiger partial charge in [-0.1, -0.05) is 13.0 Å². The van der Waals surface area contributed by atoms with Gasteiger partial charge in [0, 0.05) is 10.7 Å². The fraction of sp³-hybridized carbons (Fsp3) is 0.214. The SMILES string of the molecule is CCc1ccc(OCc2ccc(Br)cn2)c(N)c1. The minimum absolute atomic E-state index is 0.420. The van der Waals surface area contributed by atoms with E-state index in [0.29, 0.717) is 18.0 Å². The van der Waals surface area contributed by atoms with Gasteiger partial charge >= 0.3 is 0 Å². The number of ether oxygens (including phenoxy) is 1. The molecular weight excluding hydrogens is 292 g/mol. The molecule has 0 aliphatic heterocycles. The third-order valence-corrected chi connectivity index (χ3v) is 3.12. The second kappa shape index (κ2) is 5.87. The Kier molecular flexibility index (Phi) is 4.20. The van der Waals surface area contributed by atoms with Gasteiger partial charge in [0.05, 0.1) is 11.4 Å². The Morgan fingerprint density at radius 3 is 2.72 bits per heavy atom. The maximum absolute atomic E-state index is 5.93. The molecule has 0 saturated carbocycles. The van der Waals surface area contributed by atoms with Crippen LogP contribution in [-0.2, 0) is 13.0 Å². The predicted octanol–water partition coefficient (Wildman–Crippen LogP) is 3.57. The van der Waals surface area contributed by atoms with Crippen molar-refractivity contribution in [3.8, 4) is 5.75 Å². The van der Waals surface area contributed by atoms with Gasteiger partial charge in [-0.3, -0.25) is 4.98 Å². The smallest absolute Gasteiger partial charge is 0.142 e. The quantitative estimate of drug-likeness (QED) is 0.879. The van der Waals surface area contributed by atoms with Crippen molar-refractivity contribution < 1.29 is 4.74 Å². The van der Waals surface area contributed by atoms with E-state index in [-0.39, 0.29) is 0 Å². The van der Waals surface area contributed by atoms with Crippen LogP contribution in [0.5, 0.6) is 5.75 Å². The maximum Gasteiger partial charge on any atom is 0.142 e. The Hall–Kier alpha value is -1.55. The van der Waals surface area contributed by atoms with Crippen LogP contribution in [0.1, 0.15) is 18.2 Å². The number of anilines is 1. The molecule has 0 bridgehead atoms. The molecule has 1 aromatic heterocycles. The molecule has 0 saturated heterocycles. The summed E-state index contributed by atoms with van der Waals surface area (Å²) in [5.74, 6) is 0.705. The molecule has 0 atom stereocenters. The Balaban J connectivity index is 2.04. The number of aromatic nitrogens is 1. The van der Waals surface area contributed by atoms with Crippen molar-refractivity contribution in [2.75, 3.05) is 5.73 Å². The van der Waals surface area contributed by atoms with Crippen molar-refractivity contribution in [1.29, 1.82) is 0 Å². The van der Waals surface area contributed by atoms with E-state index in [4.69, 9.17) is 10.5 Å². The number of nitrogen functional groups attached to an aromatic ring is 1. The van der Waals surface area contributed by atoms with Crippen LogP contribution in [0.3, 0.4) is 0 Å². The highest BCUT2D eigenvalue weighted by atomic mass is 79.9. The summed E-state index contributed by atoms with van der Waals surface area (Å²) in [6.45, 7) is 2.52. The van der Waals surface area contributed by atoms with Gasteiger partial charge in [-0.2, -0.15) is 0 Å². The fourth-order valence-corrected chi connectivity index (χ4v) is 1.83. The van der Waals surface area contributed by atoms with E-state index >= 15 is 0 Å². The first kappa shape index (κ1) is 12.9. The molecule has 0 aliphatic rings. The predicted molar refractivity (Wildman–Crippen MR) is 76.5 cm³/mol. The zero-order valence-corrected chi connectivity index (χ0v) is 11.8. The monoisotopic (exact) mass is 306 g/mol. The molecule has 3 nitrogen and oxygen atoms in total. The van der Waals surface area contributed by atoms with Gasteiger partial charge < -0.3 is 10.5 Å². The molecule has 0 radical (unpaired) electrons. The summed E-state index contributed by atoms with van der Waals surface area (Å²) in [7, 11) is 0. The van der Waals surface area contributed by atoms with Gasteiger partial charge in [0.25, 0.3) is 0 Å². The molecule has 0 spiro atoms. The van der Waals surface area contributed by atoms with Crippen molar-refractivity contribution in [2.45, 2.75) is 20.0 Å². The average molecular weight is 307 g/mol. The summed E-state index contributed by atoms with van der Waals surface area (Å²) in [6, 6.07) is 9.74. The van der Waals surface area contributed by atoms with E-state index < -0.39 is 0 Å². The van der Waals surface area contributed by atoms with Gasteiger partial charge in [-0.05, 0) is 52.2 Å². The zero-order valence-electron chi connectivity index (χ0n) is 10.2. The zero-order chi connectivity index (χ0) is 13.0. The molecule has 2 aromatic rings. The van der Waals surface area contributed by atoms with Crippen molar-refractivity contribution in [3.05, 3.63) is 52.3 Å². The first-order chi connectivity index (χ1) is 8.69. The van der Waals surface area contributed by atoms with E-state index in [2.05, 4.69) is 27.8 Å². The topological polar surface area (TPSA) is 48.1 Å². The van der Waals surface area contributed by atoms with Gasteiger partial charge in [-0.15, -0.1) is 0 Å². The minimum atomic E-state index is 0.420. The van der Waals surface area contributed by atoms with Crippen LogP contribution in [0.4, 0.5) is 5.69 Å². The fourth-order valence-electron chi connectivity index (χ4n) is 1.59. The molecule has 0 fully saturated rings. The molecule has 94 valence electrons. The van der Waals surface area contributed by atoms with Crippen molar-refractivity contribution in [2.24, 2.45) is 0 Å². The summed E-state index contributed by atoms with van der Waals surface area (Å²) >= 11 is 3.35. The third kappa shape index (κ3) is 3.23. The molecule has 18 heavy (non-hydrogen) atoms. The number of pyridine rings is 1. The molecule has 4 heteroatoms. The number of rotatable bonds is 4. The summed E-state index contributed by atoms with van der Waals surface area (Å²) in [5, 5.41) is 0. The average Bonchev–Trinajstić information content (AvgIpc) is 2.39. The van der Waals surface area contributed by atoms with Crippen LogP contribution in [0, 0.1) is 0 Å². The van der Waals surface area contributed by atoms with Crippen LogP contribution in [0.15, 0.2) is 41.0 Å². The molecule has 0 unspecified atom stereocenters. The van der Waals surface area contributed by atoms with E-state index in [1.165, 1.54) is 5.56 Å². The first-order valence-electron chi connectivity index (χ1n) is 5.80. The highest BCUT2D eigenvalue weighted by molar-refractivity contribution is 9.10. The largest absolute Gasteiger partial charge is 0.485 e. The molecule has 2 N–H and O–H groups in total. The molecule has 0 amide bonds. The van der Waals surface area contributed by atoms with Gasteiger partial charge in [0.15, 0.2) is 0 Å². The molecule has 2 rings (SSSR count). The van der Waals surface area contributed by atoms with E-state index in [0.717, 1.165) is 16.6 Å². The minimum Gasteiger partial charge on any atom is -0.485 e. The standard InChI is InChI=1S/C14H15BrN2O/c1-2-10-3-6-14(13(16)7-10)18-9-12-5-4-11(15)8-17-12/h3-8H,2,9,16H2,1H3. The molecular formula is C14H15BrN2O. The Bertz CT molecular complexity index is 526. The Morgan fingerprint density at radius 2 is 2.11 bits per heavy atom. The van der Waals surface area contributed by atoms with Gasteiger partial charge in [0.1, 0.15) is 12.4 Å². The van der Waals surface area contributed by atoms with E-state index in [9.17, 15) is 0 Å². The molecule has 1 aromatic carbocycles. The normalized spacial score (nSPS) is 10.3. The lowest BCUT2D eigenvalue weighted by Crippen LogP contribution is -2.01. The lowest BCUT2D eigenvalue weighted by molar-refractivity contribution is 0.303. The summed E-state index contributed by atoms with van der Waals surface area (Å²) < 4.78 is 6.62. The van der Waals surface area contributed by atoms with Gasteiger partial charge in [-0.25, -0.2) is 0 Å². The van der Waals surface area contributed by atoms with E-state index in [1.807, 2.05) is 30.3 Å². The highest BCUT2D eigenvalue weighted by Crippen LogP contribution is 2.23. The highest BCUT2D eigenvalue weighted by Gasteiger charge is 2.02. The Morgan fingerprint density at radius 1 is 1.28 bits per heavy atom. The van der Waals surface area contributed by atoms with Crippen LogP contribution in [-0.4, -0.2) is 4.98 Å². The van der Waals surface area contributed by atoms with Crippen LogP contribution < -0.4 is 10.5 Å². The van der Waals surface area contributed by atoms with Crippen LogP contribution in [0.25, 0.3) is 0 Å². The number of halogens is 1. The second-order valence-electron chi connectivity index (χ2n) is 3.98. The Labute approximate surface area is 115 Å². The number of benzene rings is 1. The van der Waals surface area contributed by atoms with E-state index in [1.54, 1.807) is 6.20 Å². The van der Waals surface area contributed by atoms with Crippen molar-refractivity contribution >= 4 is 21.6 Å². The molecule has 1 heterocycles. The number of aryl methyl sites for hydroxylation is 1. The maximum atomic E-state index is 5.93. The third-order valence-electron chi connectivity index (χ3n) is 2.65. The lowest BCUT2D eigenvalue weighted by atomic mass is 10.1. The van der Waals surface area contributed by atoms with Crippen molar-refractivity contribution in [1.82, 2.24) is 4.98 Å². The summed E-state index contributed by atoms with van der Waals surface area (Å²) in [6.07, 6.45) is 2.72. The first-order valence-corrected chi connectivity index (χ1v) is 6.60. The number of nitrogens with two attached hydrogens (primary N) is 1. The lowest BCUT2D eigenvalue weighted by Gasteiger charge is -2.09. The van der Waals surface area contributed by atoms with Gasteiger partial charge in [0.2, 0.25) is 0 Å². The number of hydrogen-bond donors (Lipinski definition) is 1. The molecule has 0 aliphatic carbocycles. The van der Waals surface area contributed by atoms with Crippen LogP contribution in [0.2, 0.25) is 0 Å². The van der Waals surface area contributed by atoms with Crippen LogP contribution >= 0.6 is 15.9 Å². The number of hydrogen-bond acceptors (Lipinski definition) is 3. The second-order valence-corrected chi connectivity index (χ2v) is 4.90.